The maximum Gasteiger partial charge on any atom is 0.142 e. The zero-order valence-electron chi connectivity index (χ0n) is 15.1. The fraction of sp³-hybridized carbons (Fsp3) is 0.200. The normalized spacial score (nSPS) is 13.5. The summed E-state index contributed by atoms with van der Waals surface area (Å²) in [6.45, 7) is 2.15. The van der Waals surface area contributed by atoms with E-state index in [1.54, 1.807) is 12.4 Å². The summed E-state index contributed by atoms with van der Waals surface area (Å²) in [6.07, 6.45) is 6.52. The van der Waals surface area contributed by atoms with Crippen LogP contribution in [0.25, 0.3) is 16.6 Å². The number of aliphatic imine (C=N–C) groups is 1. The Morgan fingerprint density at radius 3 is 2.93 bits per heavy atom. The number of nitrogens with zero attached hydrogens (tertiary/aromatic N) is 2. The van der Waals surface area contributed by atoms with Gasteiger partial charge < -0.3 is 15.8 Å². The maximum absolute atomic E-state index is 14.0. The molecule has 0 aliphatic carbocycles. The summed E-state index contributed by atoms with van der Waals surface area (Å²) in [5, 5.41) is 10.1. The average molecular weight is 421 g/mol. The molecule has 3 aromatic rings. The standard InChI is InChI=1S/C20H19Cl2FN4O/c1-11(18-16(21)2-3-17(23)19(18)22)15-10-27-20-14(15)6-12(9-26-20)13(7-24)8-25-4-5-28/h2-3,6-11,28H,4-5,24H2,1H3,(H,26,27)/t11-/m0/s1. The monoisotopic (exact) mass is 420 g/mol. The first-order chi connectivity index (χ1) is 13.5. The summed E-state index contributed by atoms with van der Waals surface area (Å²) in [7, 11) is 0. The fourth-order valence-corrected chi connectivity index (χ4v) is 3.77. The van der Waals surface area contributed by atoms with Crippen molar-refractivity contribution in [2.24, 2.45) is 10.7 Å². The van der Waals surface area contributed by atoms with E-state index in [1.807, 2.05) is 19.2 Å². The van der Waals surface area contributed by atoms with Crippen LogP contribution in [0.5, 0.6) is 0 Å². The number of hydrogen-bond acceptors (Lipinski definition) is 4. The van der Waals surface area contributed by atoms with Crippen LogP contribution < -0.4 is 5.73 Å². The Morgan fingerprint density at radius 2 is 2.21 bits per heavy atom. The van der Waals surface area contributed by atoms with Crippen molar-refractivity contribution in [3.63, 3.8) is 0 Å². The first kappa shape index (κ1) is 20.3. The second-order valence-corrected chi connectivity index (χ2v) is 7.01. The Hall–Kier alpha value is -2.41. The van der Waals surface area contributed by atoms with Gasteiger partial charge in [0.15, 0.2) is 0 Å². The van der Waals surface area contributed by atoms with Gasteiger partial charge in [-0.15, -0.1) is 0 Å². The molecule has 0 radical (unpaired) electrons. The number of hydrogen-bond donors (Lipinski definition) is 3. The summed E-state index contributed by atoms with van der Waals surface area (Å²) >= 11 is 12.5. The van der Waals surface area contributed by atoms with E-state index >= 15 is 0 Å². The molecule has 0 aliphatic rings. The molecule has 2 aromatic heterocycles. The molecule has 0 saturated heterocycles. The minimum atomic E-state index is -0.514. The molecule has 146 valence electrons. The maximum atomic E-state index is 14.0. The molecular formula is C20H19Cl2FN4O. The van der Waals surface area contributed by atoms with Crippen LogP contribution in [0, 0.1) is 5.82 Å². The minimum absolute atomic E-state index is 0.0112. The number of aromatic nitrogens is 2. The van der Waals surface area contributed by atoms with Crippen molar-refractivity contribution in [2.45, 2.75) is 12.8 Å². The molecule has 4 N–H and O–H groups in total. The number of rotatable bonds is 6. The van der Waals surface area contributed by atoms with E-state index in [9.17, 15) is 4.39 Å². The van der Waals surface area contributed by atoms with Crippen molar-refractivity contribution >= 4 is 46.0 Å². The van der Waals surface area contributed by atoms with Crippen LogP contribution in [0.1, 0.15) is 29.5 Å². The second kappa shape index (κ2) is 8.73. The van der Waals surface area contributed by atoms with E-state index in [0.717, 1.165) is 16.5 Å². The first-order valence-corrected chi connectivity index (χ1v) is 9.36. The Balaban J connectivity index is 2.07. The number of aliphatic hydroxyl groups is 1. The number of pyridine rings is 1. The van der Waals surface area contributed by atoms with Gasteiger partial charge in [0.2, 0.25) is 0 Å². The van der Waals surface area contributed by atoms with Gasteiger partial charge in [-0.2, -0.15) is 0 Å². The Morgan fingerprint density at radius 1 is 1.43 bits per heavy atom. The molecule has 8 heteroatoms. The Labute approximate surface area is 171 Å². The van der Waals surface area contributed by atoms with Crippen molar-refractivity contribution in [1.29, 1.82) is 0 Å². The highest BCUT2D eigenvalue weighted by Gasteiger charge is 2.21. The summed E-state index contributed by atoms with van der Waals surface area (Å²) in [4.78, 5) is 11.7. The van der Waals surface area contributed by atoms with Crippen LogP contribution in [0.2, 0.25) is 10.0 Å². The highest BCUT2D eigenvalue weighted by atomic mass is 35.5. The van der Waals surface area contributed by atoms with Crippen LogP contribution in [0.4, 0.5) is 4.39 Å². The number of benzene rings is 1. The van der Waals surface area contributed by atoms with Crippen molar-refractivity contribution in [2.75, 3.05) is 13.2 Å². The third-order valence-corrected chi connectivity index (χ3v) is 5.23. The number of fused-ring (bicyclic) bond motifs is 1. The van der Waals surface area contributed by atoms with Gasteiger partial charge in [-0.05, 0) is 29.3 Å². The van der Waals surface area contributed by atoms with Crippen LogP contribution in [0.3, 0.4) is 0 Å². The average Bonchev–Trinajstić information content (AvgIpc) is 3.11. The van der Waals surface area contributed by atoms with Crippen molar-refractivity contribution < 1.29 is 9.50 Å². The lowest BCUT2D eigenvalue weighted by atomic mass is 9.92. The van der Waals surface area contributed by atoms with Crippen molar-refractivity contribution in [3.05, 3.63) is 69.3 Å². The SMILES string of the molecule is C[C@H](c1c(Cl)ccc(F)c1Cl)c1c[nH]c2ncc(C(C=NCCO)=CN)cc12. The van der Waals surface area contributed by atoms with Gasteiger partial charge in [-0.1, -0.05) is 30.1 Å². The molecule has 0 unspecified atom stereocenters. The summed E-state index contributed by atoms with van der Waals surface area (Å²) in [5.41, 5.74) is 9.24. The number of aromatic amines is 1. The van der Waals surface area contributed by atoms with Gasteiger partial charge in [0, 0.05) is 52.3 Å². The number of halogens is 3. The van der Waals surface area contributed by atoms with Crippen LogP contribution >= 0.6 is 23.2 Å². The van der Waals surface area contributed by atoms with Crippen molar-refractivity contribution in [1.82, 2.24) is 9.97 Å². The van der Waals surface area contributed by atoms with E-state index in [0.29, 0.717) is 21.8 Å². The third kappa shape index (κ3) is 3.90. The third-order valence-electron chi connectivity index (χ3n) is 4.51. The lowest BCUT2D eigenvalue weighted by molar-refractivity contribution is 0.307. The van der Waals surface area contributed by atoms with Crippen LogP contribution in [0.15, 0.2) is 41.8 Å². The molecule has 0 aliphatic heterocycles. The van der Waals surface area contributed by atoms with E-state index in [4.69, 9.17) is 34.0 Å². The van der Waals surface area contributed by atoms with E-state index in [2.05, 4.69) is 15.0 Å². The molecule has 5 nitrogen and oxygen atoms in total. The predicted octanol–water partition coefficient (Wildman–Crippen LogP) is 4.52. The molecule has 2 heterocycles. The molecular weight excluding hydrogens is 402 g/mol. The van der Waals surface area contributed by atoms with E-state index < -0.39 is 5.82 Å². The molecule has 3 rings (SSSR count). The zero-order chi connectivity index (χ0) is 20.3. The van der Waals surface area contributed by atoms with Crippen LogP contribution in [-0.2, 0) is 0 Å². The van der Waals surface area contributed by atoms with Gasteiger partial charge in [0.25, 0.3) is 0 Å². The van der Waals surface area contributed by atoms with E-state index in [1.165, 1.54) is 18.3 Å². The minimum Gasteiger partial charge on any atom is -0.404 e. The molecule has 0 bridgehead atoms. The highest BCUT2D eigenvalue weighted by Crippen LogP contribution is 2.39. The number of allylic oxidation sites excluding steroid dienone is 1. The van der Waals surface area contributed by atoms with Crippen LogP contribution in [-0.4, -0.2) is 34.4 Å². The lowest BCUT2D eigenvalue weighted by Gasteiger charge is -2.15. The Bertz CT molecular complexity index is 1060. The Kier molecular flexibility index (Phi) is 6.34. The topological polar surface area (TPSA) is 87.3 Å². The molecule has 0 spiro atoms. The zero-order valence-corrected chi connectivity index (χ0v) is 16.6. The summed E-state index contributed by atoms with van der Waals surface area (Å²) in [6, 6.07) is 4.68. The molecule has 0 amide bonds. The number of nitrogens with two attached hydrogens (primary N) is 1. The quantitative estimate of drug-likeness (QED) is 0.404. The predicted molar refractivity (Wildman–Crippen MR) is 113 cm³/mol. The number of nitrogens with one attached hydrogen (secondary N) is 1. The largest absolute Gasteiger partial charge is 0.404 e. The summed E-state index contributed by atoms with van der Waals surface area (Å²) in [5.74, 6) is -0.783. The molecule has 0 saturated carbocycles. The van der Waals surface area contributed by atoms with Gasteiger partial charge in [-0.3, -0.25) is 4.99 Å². The summed E-state index contributed by atoms with van der Waals surface area (Å²) < 4.78 is 14.0. The molecule has 1 atom stereocenters. The highest BCUT2D eigenvalue weighted by molar-refractivity contribution is 6.36. The first-order valence-electron chi connectivity index (χ1n) is 8.61. The second-order valence-electron chi connectivity index (χ2n) is 6.22. The van der Waals surface area contributed by atoms with E-state index in [-0.39, 0.29) is 24.1 Å². The van der Waals surface area contributed by atoms with Gasteiger partial charge in [-0.25, -0.2) is 9.37 Å². The van der Waals surface area contributed by atoms with Gasteiger partial charge in [0.05, 0.1) is 18.2 Å². The molecule has 28 heavy (non-hydrogen) atoms. The van der Waals surface area contributed by atoms with Crippen molar-refractivity contribution in [3.8, 4) is 0 Å². The lowest BCUT2D eigenvalue weighted by Crippen LogP contribution is -2.00. The molecule has 1 aromatic carbocycles. The smallest absolute Gasteiger partial charge is 0.142 e. The fourth-order valence-electron chi connectivity index (χ4n) is 3.07. The van der Waals surface area contributed by atoms with Gasteiger partial charge >= 0.3 is 0 Å². The number of H-pyrrole nitrogens is 1. The number of aliphatic hydroxyl groups excluding tert-OH is 1. The molecule has 0 fully saturated rings. The van der Waals surface area contributed by atoms with Gasteiger partial charge in [0.1, 0.15) is 11.5 Å².